The topological polar surface area (TPSA) is 17.8 Å². The summed E-state index contributed by atoms with van der Waals surface area (Å²) in [4.78, 5) is 4.20. The van der Waals surface area contributed by atoms with Gasteiger partial charge in [0, 0.05) is 12.3 Å². The molecule has 0 spiro atoms. The zero-order chi connectivity index (χ0) is 8.27. The van der Waals surface area contributed by atoms with Crippen LogP contribution in [0.25, 0.3) is 0 Å². The van der Waals surface area contributed by atoms with Crippen molar-refractivity contribution in [1.29, 1.82) is 0 Å². The molecule has 1 rings (SSSR count). The van der Waals surface area contributed by atoms with Crippen molar-refractivity contribution in [2.24, 2.45) is 0 Å². The number of hydrogen-bond acceptors (Lipinski definition) is 2. The van der Waals surface area contributed by atoms with Crippen LogP contribution in [0.5, 0.6) is 0 Å². The van der Waals surface area contributed by atoms with Crippen molar-refractivity contribution in [3.63, 3.8) is 0 Å². The maximum atomic E-state index is 4.20. The van der Waals surface area contributed by atoms with Gasteiger partial charge in [-0.2, -0.15) is 11.8 Å². The minimum absolute atomic E-state index is 1.06. The Bertz CT molecular complexity index is 236. The van der Waals surface area contributed by atoms with Crippen LogP contribution in [0.1, 0.15) is 0 Å². The van der Waals surface area contributed by atoms with Crippen LogP contribution < -0.4 is 0 Å². The van der Waals surface area contributed by atoms with Crippen LogP contribution in [0.4, 0.5) is 0 Å². The first-order valence-electron chi connectivity index (χ1n) is 3.10. The van der Waals surface area contributed by atoms with Crippen molar-refractivity contribution < 1.29 is 0 Å². The molecular formula is C6H8I2N2S. The lowest BCUT2D eigenvalue weighted by molar-refractivity contribution is 0.752. The van der Waals surface area contributed by atoms with E-state index < -0.39 is 0 Å². The van der Waals surface area contributed by atoms with Gasteiger partial charge < -0.3 is 4.57 Å². The summed E-state index contributed by atoms with van der Waals surface area (Å²) in [5, 5.41) is 0. The lowest BCUT2D eigenvalue weighted by Crippen LogP contribution is -2.00. The number of aryl methyl sites for hydroxylation is 1. The van der Waals surface area contributed by atoms with Crippen molar-refractivity contribution in [3.8, 4) is 0 Å². The second-order valence-electron chi connectivity index (χ2n) is 2.01. The number of halogens is 2. The van der Waals surface area contributed by atoms with Crippen LogP contribution in [0.15, 0.2) is 6.33 Å². The van der Waals surface area contributed by atoms with E-state index in [9.17, 15) is 0 Å². The number of imidazole rings is 1. The van der Waals surface area contributed by atoms with Gasteiger partial charge >= 0.3 is 0 Å². The van der Waals surface area contributed by atoms with Gasteiger partial charge in [0.25, 0.3) is 0 Å². The summed E-state index contributed by atoms with van der Waals surface area (Å²) in [7, 11) is 0. The largest absolute Gasteiger partial charge is 0.324 e. The molecule has 0 bridgehead atoms. The number of aromatic nitrogens is 2. The Hall–Kier alpha value is 1.02. The molecule has 0 N–H and O–H groups in total. The van der Waals surface area contributed by atoms with E-state index in [1.54, 1.807) is 0 Å². The third-order valence-corrected chi connectivity index (χ3v) is 4.81. The van der Waals surface area contributed by atoms with E-state index in [2.05, 4.69) is 61.0 Å². The maximum absolute atomic E-state index is 4.20. The number of thioether (sulfide) groups is 1. The van der Waals surface area contributed by atoms with Crippen LogP contribution in [0.2, 0.25) is 0 Å². The number of hydrogen-bond donors (Lipinski definition) is 0. The number of nitrogens with zero attached hydrogens (tertiary/aromatic N) is 2. The maximum Gasteiger partial charge on any atom is 0.132 e. The van der Waals surface area contributed by atoms with Crippen molar-refractivity contribution in [1.82, 2.24) is 9.55 Å². The fourth-order valence-electron chi connectivity index (χ4n) is 0.688. The quantitative estimate of drug-likeness (QED) is 0.734. The lowest BCUT2D eigenvalue weighted by Gasteiger charge is -2.00. The first-order chi connectivity index (χ1) is 5.25. The highest BCUT2D eigenvalue weighted by atomic mass is 127. The molecule has 0 aliphatic rings. The van der Waals surface area contributed by atoms with E-state index in [4.69, 9.17) is 0 Å². The van der Waals surface area contributed by atoms with E-state index in [0.717, 1.165) is 16.0 Å². The minimum atomic E-state index is 1.06. The zero-order valence-electron chi connectivity index (χ0n) is 6.05. The number of rotatable bonds is 3. The summed E-state index contributed by atoms with van der Waals surface area (Å²) in [6.45, 7) is 1.06. The lowest BCUT2D eigenvalue weighted by atomic mass is 10.7. The molecule has 1 aromatic heterocycles. The van der Waals surface area contributed by atoms with Crippen molar-refractivity contribution in [2.45, 2.75) is 6.54 Å². The highest BCUT2D eigenvalue weighted by molar-refractivity contribution is 14.1. The fourth-order valence-corrected chi connectivity index (χ4v) is 2.01. The second-order valence-corrected chi connectivity index (χ2v) is 5.04. The van der Waals surface area contributed by atoms with Crippen LogP contribution in [0.3, 0.4) is 0 Å². The Morgan fingerprint density at radius 1 is 1.64 bits per heavy atom. The van der Waals surface area contributed by atoms with Crippen LogP contribution >= 0.6 is 56.9 Å². The monoisotopic (exact) mass is 394 g/mol. The van der Waals surface area contributed by atoms with E-state index in [1.165, 1.54) is 3.70 Å². The third kappa shape index (κ3) is 2.76. The summed E-state index contributed by atoms with van der Waals surface area (Å²) < 4.78 is 4.53. The zero-order valence-corrected chi connectivity index (χ0v) is 11.2. The van der Waals surface area contributed by atoms with Gasteiger partial charge in [-0.05, 0) is 51.4 Å². The van der Waals surface area contributed by atoms with Crippen LogP contribution in [0, 0.1) is 7.40 Å². The molecule has 1 heterocycles. The average molecular weight is 394 g/mol. The Kier molecular flexibility index (Phi) is 4.50. The molecule has 2 nitrogen and oxygen atoms in total. The molecule has 0 aliphatic carbocycles. The van der Waals surface area contributed by atoms with E-state index in [1.807, 2.05) is 18.1 Å². The first-order valence-corrected chi connectivity index (χ1v) is 6.66. The Morgan fingerprint density at radius 3 is 2.82 bits per heavy atom. The molecule has 0 saturated carbocycles. The Morgan fingerprint density at radius 2 is 2.36 bits per heavy atom. The predicted molar refractivity (Wildman–Crippen MR) is 66.0 cm³/mol. The molecule has 0 atom stereocenters. The van der Waals surface area contributed by atoms with E-state index >= 15 is 0 Å². The van der Waals surface area contributed by atoms with E-state index in [0.29, 0.717) is 0 Å². The van der Waals surface area contributed by atoms with Crippen molar-refractivity contribution >= 4 is 56.9 Å². The molecule has 0 aliphatic heterocycles. The summed E-state index contributed by atoms with van der Waals surface area (Å²) in [5.74, 6) is 1.16. The Labute approximate surface area is 97.8 Å². The summed E-state index contributed by atoms with van der Waals surface area (Å²) in [6.07, 6.45) is 4.02. The molecule has 0 radical (unpaired) electrons. The summed E-state index contributed by atoms with van der Waals surface area (Å²) in [6, 6.07) is 0. The molecular weight excluding hydrogens is 386 g/mol. The van der Waals surface area contributed by atoms with Crippen molar-refractivity contribution in [2.75, 3.05) is 12.0 Å². The van der Waals surface area contributed by atoms with Crippen LogP contribution in [-0.2, 0) is 6.54 Å². The average Bonchev–Trinajstić information content (AvgIpc) is 2.31. The molecule has 0 unspecified atom stereocenters. The SMILES string of the molecule is CSCCn1cnc(I)c1I. The predicted octanol–water partition coefficient (Wildman–Crippen LogP) is 2.46. The molecule has 0 saturated heterocycles. The normalized spacial score (nSPS) is 10.5. The van der Waals surface area contributed by atoms with Gasteiger partial charge in [-0.15, -0.1) is 0 Å². The first kappa shape index (κ1) is 10.1. The third-order valence-electron chi connectivity index (χ3n) is 1.27. The standard InChI is InChI=1S/C6H8I2N2S/c1-11-3-2-10-4-9-5(7)6(10)8/h4H,2-3H2,1H3. The molecule has 5 heteroatoms. The highest BCUT2D eigenvalue weighted by Gasteiger charge is 2.02. The summed E-state index contributed by atoms with van der Waals surface area (Å²) >= 11 is 6.43. The van der Waals surface area contributed by atoms with Gasteiger partial charge in [0.1, 0.15) is 7.40 Å². The van der Waals surface area contributed by atoms with Crippen LogP contribution in [-0.4, -0.2) is 21.6 Å². The molecule has 0 fully saturated rings. The fraction of sp³-hybridized carbons (Fsp3) is 0.500. The minimum Gasteiger partial charge on any atom is -0.324 e. The molecule has 0 amide bonds. The summed E-state index contributed by atoms with van der Waals surface area (Å²) in [5.41, 5.74) is 0. The Balaban J connectivity index is 2.63. The molecule has 1 aromatic rings. The van der Waals surface area contributed by atoms with Gasteiger partial charge in [-0.25, -0.2) is 4.98 Å². The molecule has 62 valence electrons. The van der Waals surface area contributed by atoms with Gasteiger partial charge in [-0.1, -0.05) is 0 Å². The van der Waals surface area contributed by atoms with Gasteiger partial charge in [0.2, 0.25) is 0 Å². The highest BCUT2D eigenvalue weighted by Crippen LogP contribution is 2.13. The van der Waals surface area contributed by atoms with Gasteiger partial charge in [0.15, 0.2) is 0 Å². The molecule has 11 heavy (non-hydrogen) atoms. The van der Waals surface area contributed by atoms with Gasteiger partial charge in [0.05, 0.1) is 6.33 Å². The van der Waals surface area contributed by atoms with Crippen molar-refractivity contribution in [3.05, 3.63) is 13.7 Å². The van der Waals surface area contributed by atoms with Gasteiger partial charge in [-0.3, -0.25) is 0 Å². The second kappa shape index (κ2) is 4.90. The molecule has 0 aromatic carbocycles. The van der Waals surface area contributed by atoms with E-state index in [-0.39, 0.29) is 0 Å². The smallest absolute Gasteiger partial charge is 0.132 e.